The first-order valence-corrected chi connectivity index (χ1v) is 12.6. The lowest BCUT2D eigenvalue weighted by Crippen LogP contribution is -2.05. The molecule has 3 aromatic carbocycles. The van der Waals surface area contributed by atoms with Gasteiger partial charge in [-0.25, -0.2) is 9.59 Å². The Kier molecular flexibility index (Phi) is 10.0. The molecule has 0 bridgehead atoms. The van der Waals surface area contributed by atoms with Gasteiger partial charge < -0.3 is 9.47 Å². The van der Waals surface area contributed by atoms with Gasteiger partial charge in [-0.1, -0.05) is 79.9 Å². The summed E-state index contributed by atoms with van der Waals surface area (Å²) in [6.07, 6.45) is 3.87. The topological polar surface area (TPSA) is 52.6 Å². The molecule has 0 saturated carbocycles. The maximum atomic E-state index is 11.5. The first-order chi connectivity index (χ1) is 17.7. The minimum Gasteiger partial charge on any atom is -0.457 e. The molecule has 0 N–H and O–H groups in total. The Bertz CT molecular complexity index is 1250. The first kappa shape index (κ1) is 27.7. The van der Waals surface area contributed by atoms with Crippen LogP contribution < -0.4 is 0 Å². The molecule has 0 aliphatic heterocycles. The largest absolute Gasteiger partial charge is 0.457 e. The van der Waals surface area contributed by atoms with E-state index >= 15 is 0 Å². The number of carbonyl (C=O) groups excluding carboxylic acids is 2. The second kappa shape index (κ2) is 13.4. The Labute approximate surface area is 220 Å². The zero-order valence-electron chi connectivity index (χ0n) is 22.1. The van der Waals surface area contributed by atoms with Crippen LogP contribution >= 0.6 is 0 Å². The summed E-state index contributed by atoms with van der Waals surface area (Å²) in [6, 6.07) is 23.2. The summed E-state index contributed by atoms with van der Waals surface area (Å²) in [5.41, 5.74) is 9.28. The van der Waals surface area contributed by atoms with E-state index in [1.807, 2.05) is 24.3 Å². The summed E-state index contributed by atoms with van der Waals surface area (Å²) < 4.78 is 10.4. The van der Waals surface area contributed by atoms with Crippen molar-refractivity contribution in [2.75, 3.05) is 0 Å². The molecule has 0 aliphatic rings. The van der Waals surface area contributed by atoms with Crippen molar-refractivity contribution in [3.05, 3.63) is 130 Å². The molecule has 0 spiro atoms. The average molecular weight is 497 g/mol. The summed E-state index contributed by atoms with van der Waals surface area (Å²) in [4.78, 5) is 23.1. The van der Waals surface area contributed by atoms with Gasteiger partial charge in [-0.3, -0.25) is 0 Å². The lowest BCUT2D eigenvalue weighted by Gasteiger charge is -2.10. The lowest BCUT2D eigenvalue weighted by molar-refractivity contribution is -0.141. The summed E-state index contributed by atoms with van der Waals surface area (Å²) in [5.74, 6) is -0.723. The van der Waals surface area contributed by atoms with Gasteiger partial charge in [0, 0.05) is 11.1 Å². The smallest absolute Gasteiger partial charge is 0.333 e. The monoisotopic (exact) mass is 496 g/mol. The molecule has 3 rings (SSSR count). The van der Waals surface area contributed by atoms with Gasteiger partial charge in [0.1, 0.15) is 13.2 Å². The van der Waals surface area contributed by atoms with Crippen molar-refractivity contribution in [3.63, 3.8) is 0 Å². The highest BCUT2D eigenvalue weighted by Crippen LogP contribution is 2.17. The molecule has 0 atom stereocenters. The predicted molar refractivity (Wildman–Crippen MR) is 148 cm³/mol. The molecular formula is C33H36O4. The van der Waals surface area contributed by atoms with Crippen LogP contribution in [0.15, 0.2) is 91.0 Å². The van der Waals surface area contributed by atoms with Crippen LogP contribution in [0.2, 0.25) is 0 Å². The quantitative estimate of drug-likeness (QED) is 0.204. The molecule has 0 aliphatic carbocycles. The van der Waals surface area contributed by atoms with Crippen LogP contribution in [0.1, 0.15) is 52.8 Å². The molecule has 0 unspecified atom stereocenters. The van der Waals surface area contributed by atoms with Crippen molar-refractivity contribution in [2.45, 2.75) is 59.7 Å². The average Bonchev–Trinajstić information content (AvgIpc) is 2.89. The van der Waals surface area contributed by atoms with Gasteiger partial charge >= 0.3 is 11.9 Å². The number of esters is 2. The zero-order valence-corrected chi connectivity index (χ0v) is 22.1. The minimum atomic E-state index is -0.361. The highest BCUT2D eigenvalue weighted by molar-refractivity contribution is 5.87. The van der Waals surface area contributed by atoms with E-state index in [0.29, 0.717) is 11.1 Å². The van der Waals surface area contributed by atoms with Gasteiger partial charge in [-0.15, -0.1) is 0 Å². The number of aryl methyl sites for hydroxylation is 5. The SMILES string of the molecule is C=C(C)C(=O)OCc1ccc(CCc2ccc(CCc3ccc(COC(=O)C(=C)C)cc3)c(C)c2)cc1. The first-order valence-electron chi connectivity index (χ1n) is 12.6. The molecule has 192 valence electrons. The molecular weight excluding hydrogens is 460 g/mol. The Morgan fingerprint density at radius 1 is 0.595 bits per heavy atom. The standard InChI is InChI=1S/C33H36O4/c1-23(2)32(34)36-21-29-12-7-26(8-13-29)6-11-28-17-19-31(25(5)20-28)18-16-27-9-14-30(15-10-27)22-37-33(35)24(3)4/h7-10,12-15,17,19-20H,1,3,6,11,16,18,21-22H2,2,4-5H3. The molecule has 0 saturated heterocycles. The number of hydrogen-bond donors (Lipinski definition) is 0. The van der Waals surface area contributed by atoms with Crippen LogP contribution in [0.3, 0.4) is 0 Å². The predicted octanol–water partition coefficient (Wildman–Crippen LogP) is 6.80. The third-order valence-corrected chi connectivity index (χ3v) is 6.28. The molecule has 4 heteroatoms. The summed E-state index contributed by atoms with van der Waals surface area (Å²) in [7, 11) is 0. The fourth-order valence-electron chi connectivity index (χ4n) is 3.91. The van der Waals surface area contributed by atoms with E-state index in [1.54, 1.807) is 13.8 Å². The van der Waals surface area contributed by atoms with Gasteiger partial charge in [0.15, 0.2) is 0 Å². The fourth-order valence-corrected chi connectivity index (χ4v) is 3.91. The third-order valence-electron chi connectivity index (χ3n) is 6.28. The summed E-state index contributed by atoms with van der Waals surface area (Å²) >= 11 is 0. The lowest BCUT2D eigenvalue weighted by atomic mass is 9.96. The van der Waals surface area contributed by atoms with Crippen molar-refractivity contribution >= 4 is 11.9 Å². The second-order valence-corrected chi connectivity index (χ2v) is 9.61. The number of hydrogen-bond acceptors (Lipinski definition) is 4. The minimum absolute atomic E-state index is 0.265. The number of carbonyl (C=O) groups is 2. The normalized spacial score (nSPS) is 10.6. The Balaban J connectivity index is 1.46. The van der Waals surface area contributed by atoms with Crippen LogP contribution in [0, 0.1) is 6.92 Å². The summed E-state index contributed by atoms with van der Waals surface area (Å²) in [6.45, 7) is 13.2. The van der Waals surface area contributed by atoms with Gasteiger partial charge in [0.2, 0.25) is 0 Å². The van der Waals surface area contributed by atoms with Gasteiger partial charge in [-0.05, 0) is 85.4 Å². The van der Waals surface area contributed by atoms with E-state index in [-0.39, 0.29) is 25.2 Å². The number of benzene rings is 3. The zero-order chi connectivity index (χ0) is 26.8. The molecule has 0 radical (unpaired) electrons. The maximum Gasteiger partial charge on any atom is 0.333 e. The van der Waals surface area contributed by atoms with E-state index in [9.17, 15) is 9.59 Å². The number of ether oxygens (including phenoxy) is 2. The van der Waals surface area contributed by atoms with Crippen LogP contribution in [0.5, 0.6) is 0 Å². The van der Waals surface area contributed by atoms with Crippen molar-refractivity contribution in [3.8, 4) is 0 Å². The van der Waals surface area contributed by atoms with Crippen LogP contribution in [-0.2, 0) is 58.0 Å². The van der Waals surface area contributed by atoms with Crippen LogP contribution in [0.4, 0.5) is 0 Å². The number of rotatable bonds is 12. The van der Waals surface area contributed by atoms with E-state index in [0.717, 1.165) is 36.8 Å². The van der Waals surface area contributed by atoms with Gasteiger partial charge in [0.25, 0.3) is 0 Å². The highest BCUT2D eigenvalue weighted by atomic mass is 16.5. The fraction of sp³-hybridized carbons (Fsp3) is 0.273. The van der Waals surface area contributed by atoms with Crippen molar-refractivity contribution in [1.82, 2.24) is 0 Å². The highest BCUT2D eigenvalue weighted by Gasteiger charge is 2.06. The molecule has 4 nitrogen and oxygen atoms in total. The van der Waals surface area contributed by atoms with Crippen LogP contribution in [-0.4, -0.2) is 11.9 Å². The molecule has 0 aromatic heterocycles. The second-order valence-electron chi connectivity index (χ2n) is 9.61. The summed E-state index contributed by atoms with van der Waals surface area (Å²) in [5, 5.41) is 0. The molecule has 37 heavy (non-hydrogen) atoms. The molecule has 0 fully saturated rings. The van der Waals surface area contributed by atoms with Gasteiger partial charge in [0.05, 0.1) is 0 Å². The molecule has 3 aromatic rings. The van der Waals surface area contributed by atoms with E-state index < -0.39 is 0 Å². The van der Waals surface area contributed by atoms with E-state index in [1.165, 1.54) is 27.8 Å². The van der Waals surface area contributed by atoms with E-state index in [4.69, 9.17) is 9.47 Å². The maximum absolute atomic E-state index is 11.5. The Morgan fingerprint density at radius 2 is 0.973 bits per heavy atom. The molecule has 0 heterocycles. The van der Waals surface area contributed by atoms with Crippen molar-refractivity contribution < 1.29 is 19.1 Å². The van der Waals surface area contributed by atoms with Crippen molar-refractivity contribution in [2.24, 2.45) is 0 Å². The Morgan fingerprint density at radius 3 is 1.41 bits per heavy atom. The molecule has 0 amide bonds. The van der Waals surface area contributed by atoms with E-state index in [2.05, 4.69) is 62.5 Å². The van der Waals surface area contributed by atoms with Gasteiger partial charge in [-0.2, -0.15) is 0 Å². The van der Waals surface area contributed by atoms with Crippen LogP contribution in [0.25, 0.3) is 0 Å². The van der Waals surface area contributed by atoms with Crippen molar-refractivity contribution in [1.29, 1.82) is 0 Å². The third kappa shape index (κ3) is 8.91. The Hall–Kier alpha value is -3.92.